The van der Waals surface area contributed by atoms with Crippen LogP contribution in [0.5, 0.6) is 0 Å². The van der Waals surface area contributed by atoms with Crippen LogP contribution >= 0.6 is 0 Å². The minimum Gasteiger partial charge on any atom is -0.318 e. The molecule has 3 nitrogen and oxygen atoms in total. The Hall–Kier alpha value is -1.35. The zero-order valence-corrected chi connectivity index (χ0v) is 13.1. The number of hydrogen-bond donors (Lipinski definition) is 1. The Bertz CT molecular complexity index is 586. The maximum atomic E-state index is 12.8. The summed E-state index contributed by atoms with van der Waals surface area (Å²) in [5.74, 6) is 0.336. The highest BCUT2D eigenvalue weighted by Crippen LogP contribution is 2.56. The van der Waals surface area contributed by atoms with Crippen molar-refractivity contribution in [3.05, 3.63) is 35.4 Å². The quantitative estimate of drug-likeness (QED) is 0.925. The topological polar surface area (TPSA) is 32.3 Å². The van der Waals surface area contributed by atoms with Gasteiger partial charge in [0.15, 0.2) is 0 Å². The van der Waals surface area contributed by atoms with Crippen LogP contribution in [-0.4, -0.2) is 22.4 Å². The molecule has 4 rings (SSSR count). The van der Waals surface area contributed by atoms with Gasteiger partial charge in [0.25, 0.3) is 0 Å². The SMILES string of the molecule is CCc1ccc(C2NC3(CC3)C(=O)N2C2CC2(C)C)cc1. The average Bonchev–Trinajstić information content (AvgIpc) is 3.34. The van der Waals surface area contributed by atoms with Gasteiger partial charge in [-0.25, -0.2) is 0 Å². The van der Waals surface area contributed by atoms with Crippen molar-refractivity contribution < 1.29 is 4.79 Å². The molecule has 21 heavy (non-hydrogen) atoms. The first-order chi connectivity index (χ1) is 9.97. The predicted molar refractivity (Wildman–Crippen MR) is 82.7 cm³/mol. The van der Waals surface area contributed by atoms with E-state index in [4.69, 9.17) is 0 Å². The summed E-state index contributed by atoms with van der Waals surface area (Å²) in [5, 5.41) is 3.63. The van der Waals surface area contributed by atoms with Crippen molar-refractivity contribution in [3.8, 4) is 0 Å². The first-order valence-electron chi connectivity index (χ1n) is 8.16. The molecule has 1 spiro atoms. The lowest BCUT2D eigenvalue weighted by Crippen LogP contribution is -2.35. The number of nitrogens with one attached hydrogen (secondary N) is 1. The van der Waals surface area contributed by atoms with Crippen LogP contribution in [0.2, 0.25) is 0 Å². The van der Waals surface area contributed by atoms with Crippen LogP contribution in [0.25, 0.3) is 0 Å². The molecule has 1 aromatic rings. The van der Waals surface area contributed by atoms with Crippen molar-refractivity contribution in [2.45, 2.75) is 64.2 Å². The molecule has 0 radical (unpaired) electrons. The predicted octanol–water partition coefficient (Wildman–Crippen LogP) is 3.01. The first-order valence-corrected chi connectivity index (χ1v) is 8.16. The molecule has 2 aliphatic carbocycles. The molecule has 1 N–H and O–H groups in total. The molecule has 2 unspecified atom stereocenters. The van der Waals surface area contributed by atoms with Gasteiger partial charge >= 0.3 is 0 Å². The number of amides is 1. The monoisotopic (exact) mass is 284 g/mol. The number of carbonyl (C=O) groups excluding carboxylic acids is 1. The van der Waals surface area contributed by atoms with Gasteiger partial charge in [-0.2, -0.15) is 0 Å². The Kier molecular flexibility index (Phi) is 2.60. The summed E-state index contributed by atoms with van der Waals surface area (Å²) in [6.45, 7) is 6.70. The Labute approximate surface area is 126 Å². The fraction of sp³-hybridized carbons (Fsp3) is 0.611. The molecule has 2 atom stereocenters. The summed E-state index contributed by atoms with van der Waals surface area (Å²) < 4.78 is 0. The lowest BCUT2D eigenvalue weighted by molar-refractivity contribution is -0.131. The maximum absolute atomic E-state index is 12.8. The van der Waals surface area contributed by atoms with Gasteiger partial charge in [-0.1, -0.05) is 45.0 Å². The van der Waals surface area contributed by atoms with E-state index < -0.39 is 0 Å². The van der Waals surface area contributed by atoms with Crippen LogP contribution in [0.4, 0.5) is 0 Å². The second-order valence-corrected chi connectivity index (χ2v) is 7.65. The summed E-state index contributed by atoms with van der Waals surface area (Å²) >= 11 is 0. The van der Waals surface area contributed by atoms with Crippen LogP contribution in [0.3, 0.4) is 0 Å². The number of rotatable bonds is 3. The van der Waals surface area contributed by atoms with Gasteiger partial charge < -0.3 is 4.90 Å². The van der Waals surface area contributed by atoms with Gasteiger partial charge in [0.2, 0.25) is 5.91 Å². The van der Waals surface area contributed by atoms with Gasteiger partial charge in [0.05, 0.1) is 0 Å². The van der Waals surface area contributed by atoms with Crippen LogP contribution in [0, 0.1) is 5.41 Å². The number of carbonyl (C=O) groups is 1. The van der Waals surface area contributed by atoms with E-state index in [0.717, 1.165) is 25.7 Å². The van der Waals surface area contributed by atoms with E-state index in [1.54, 1.807) is 0 Å². The van der Waals surface area contributed by atoms with E-state index in [0.29, 0.717) is 11.9 Å². The fourth-order valence-electron chi connectivity index (χ4n) is 3.66. The van der Waals surface area contributed by atoms with Gasteiger partial charge in [-0.15, -0.1) is 0 Å². The molecule has 1 amide bonds. The molecule has 1 aromatic carbocycles. The van der Waals surface area contributed by atoms with E-state index >= 15 is 0 Å². The van der Waals surface area contributed by atoms with Gasteiger partial charge in [-0.05, 0) is 42.2 Å². The second-order valence-electron chi connectivity index (χ2n) is 7.65. The van der Waals surface area contributed by atoms with E-state index in [-0.39, 0.29) is 17.1 Å². The highest BCUT2D eigenvalue weighted by molar-refractivity contribution is 5.92. The number of benzene rings is 1. The van der Waals surface area contributed by atoms with Crippen molar-refractivity contribution in [1.29, 1.82) is 0 Å². The minimum atomic E-state index is -0.229. The largest absolute Gasteiger partial charge is 0.318 e. The molecule has 1 aliphatic heterocycles. The maximum Gasteiger partial charge on any atom is 0.244 e. The smallest absolute Gasteiger partial charge is 0.244 e. The molecule has 1 heterocycles. The molecule has 3 heteroatoms. The second kappa shape index (κ2) is 4.10. The Morgan fingerprint density at radius 3 is 2.33 bits per heavy atom. The molecule has 112 valence electrons. The Balaban J connectivity index is 1.67. The third kappa shape index (κ3) is 1.94. The third-order valence-electron chi connectivity index (χ3n) is 5.59. The molecule has 3 fully saturated rings. The molecule has 0 aromatic heterocycles. The van der Waals surface area contributed by atoms with E-state index in [9.17, 15) is 4.79 Å². The summed E-state index contributed by atoms with van der Waals surface area (Å²) in [5.41, 5.74) is 2.63. The summed E-state index contributed by atoms with van der Waals surface area (Å²) in [6.07, 6.45) is 4.25. The first kappa shape index (κ1) is 13.3. The molecular formula is C18H24N2O. The highest BCUT2D eigenvalue weighted by Gasteiger charge is 2.65. The Morgan fingerprint density at radius 1 is 1.24 bits per heavy atom. The summed E-state index contributed by atoms with van der Waals surface area (Å²) in [4.78, 5) is 15.0. The number of hydrogen-bond acceptors (Lipinski definition) is 2. The molecular weight excluding hydrogens is 260 g/mol. The number of aryl methyl sites for hydroxylation is 1. The third-order valence-corrected chi connectivity index (χ3v) is 5.59. The minimum absolute atomic E-state index is 0.0673. The fourth-order valence-corrected chi connectivity index (χ4v) is 3.66. The van der Waals surface area contributed by atoms with Crippen molar-refractivity contribution >= 4 is 5.91 Å². The average molecular weight is 284 g/mol. The zero-order chi connectivity index (χ0) is 14.8. The van der Waals surface area contributed by atoms with Gasteiger partial charge in [0.1, 0.15) is 11.7 Å². The zero-order valence-electron chi connectivity index (χ0n) is 13.1. The standard InChI is InChI=1S/C18H24N2O/c1-4-12-5-7-13(8-6-12)15-19-18(9-10-18)16(21)20(15)14-11-17(14,2)3/h5-8,14-15,19H,4,9-11H2,1-3H3. The van der Waals surface area contributed by atoms with Gasteiger partial charge in [0, 0.05) is 6.04 Å². The van der Waals surface area contributed by atoms with Crippen LogP contribution < -0.4 is 5.32 Å². The summed E-state index contributed by atoms with van der Waals surface area (Å²) in [6, 6.07) is 9.15. The van der Waals surface area contributed by atoms with Crippen molar-refractivity contribution in [2.24, 2.45) is 5.41 Å². The van der Waals surface area contributed by atoms with Crippen molar-refractivity contribution in [3.63, 3.8) is 0 Å². The van der Waals surface area contributed by atoms with Crippen LogP contribution in [0.15, 0.2) is 24.3 Å². The van der Waals surface area contributed by atoms with E-state index in [1.807, 2.05) is 0 Å². The van der Waals surface area contributed by atoms with Crippen LogP contribution in [0.1, 0.15) is 57.3 Å². The molecule has 1 saturated heterocycles. The molecule has 3 aliphatic rings. The van der Waals surface area contributed by atoms with Gasteiger partial charge in [-0.3, -0.25) is 10.1 Å². The van der Waals surface area contributed by atoms with Crippen molar-refractivity contribution in [2.75, 3.05) is 0 Å². The van der Waals surface area contributed by atoms with Crippen LogP contribution in [-0.2, 0) is 11.2 Å². The van der Waals surface area contributed by atoms with Crippen molar-refractivity contribution in [1.82, 2.24) is 10.2 Å². The molecule has 0 bridgehead atoms. The highest BCUT2D eigenvalue weighted by atomic mass is 16.2. The lowest BCUT2D eigenvalue weighted by Gasteiger charge is -2.26. The summed E-state index contributed by atoms with van der Waals surface area (Å²) in [7, 11) is 0. The normalized spacial score (nSPS) is 31.8. The number of nitrogens with zero attached hydrogens (tertiary/aromatic N) is 1. The lowest BCUT2D eigenvalue weighted by atomic mass is 10.1. The van der Waals surface area contributed by atoms with E-state index in [1.165, 1.54) is 11.1 Å². The van der Waals surface area contributed by atoms with E-state index in [2.05, 4.69) is 55.3 Å². The molecule has 2 saturated carbocycles. The Morgan fingerprint density at radius 2 is 1.86 bits per heavy atom.